The van der Waals surface area contributed by atoms with Crippen LogP contribution in [0.4, 0.5) is 10.1 Å². The molecule has 0 spiro atoms. The minimum absolute atomic E-state index is 0.262. The SMILES string of the molecule is COc1ccc(CNc2cc(C)c(Br)c(C)c2)c(F)c1. The van der Waals surface area contributed by atoms with Gasteiger partial charge in [0.2, 0.25) is 0 Å². The summed E-state index contributed by atoms with van der Waals surface area (Å²) in [5.41, 5.74) is 3.91. The Labute approximate surface area is 127 Å². The molecule has 0 atom stereocenters. The highest BCUT2D eigenvalue weighted by Gasteiger charge is 2.06. The minimum atomic E-state index is -0.262. The summed E-state index contributed by atoms with van der Waals surface area (Å²) in [6.07, 6.45) is 0. The van der Waals surface area contributed by atoms with Crippen molar-refractivity contribution < 1.29 is 9.13 Å². The molecule has 106 valence electrons. The van der Waals surface area contributed by atoms with E-state index in [0.717, 1.165) is 21.3 Å². The van der Waals surface area contributed by atoms with E-state index in [2.05, 4.69) is 21.2 Å². The van der Waals surface area contributed by atoms with Gasteiger partial charge in [-0.3, -0.25) is 0 Å². The third-order valence-corrected chi connectivity index (χ3v) is 4.43. The monoisotopic (exact) mass is 337 g/mol. The number of ether oxygens (including phenoxy) is 1. The third-order valence-electron chi connectivity index (χ3n) is 3.18. The Morgan fingerprint density at radius 1 is 1.15 bits per heavy atom. The van der Waals surface area contributed by atoms with Crippen LogP contribution in [0.1, 0.15) is 16.7 Å². The van der Waals surface area contributed by atoms with Crippen LogP contribution in [0.2, 0.25) is 0 Å². The maximum atomic E-state index is 13.8. The van der Waals surface area contributed by atoms with Crippen molar-refractivity contribution in [2.75, 3.05) is 12.4 Å². The van der Waals surface area contributed by atoms with E-state index in [9.17, 15) is 4.39 Å². The molecule has 0 aromatic heterocycles. The first kappa shape index (κ1) is 14.9. The van der Waals surface area contributed by atoms with Gasteiger partial charge in [0, 0.05) is 28.3 Å². The van der Waals surface area contributed by atoms with Gasteiger partial charge in [0.05, 0.1) is 7.11 Å². The first-order valence-electron chi connectivity index (χ1n) is 6.34. The van der Waals surface area contributed by atoms with E-state index >= 15 is 0 Å². The lowest BCUT2D eigenvalue weighted by molar-refractivity contribution is 0.411. The zero-order chi connectivity index (χ0) is 14.7. The summed E-state index contributed by atoms with van der Waals surface area (Å²) < 4.78 is 19.9. The summed E-state index contributed by atoms with van der Waals surface area (Å²) in [6, 6.07) is 8.98. The summed E-state index contributed by atoms with van der Waals surface area (Å²) in [7, 11) is 1.53. The van der Waals surface area contributed by atoms with Gasteiger partial charge in [-0.25, -0.2) is 4.39 Å². The molecular formula is C16H17BrFNO. The number of methoxy groups -OCH3 is 1. The molecule has 0 aliphatic rings. The number of benzene rings is 2. The second-order valence-corrected chi connectivity index (χ2v) is 5.53. The lowest BCUT2D eigenvalue weighted by atomic mass is 10.1. The van der Waals surface area contributed by atoms with Gasteiger partial charge in [0.15, 0.2) is 0 Å². The topological polar surface area (TPSA) is 21.3 Å². The molecule has 2 rings (SSSR count). The van der Waals surface area contributed by atoms with Crippen molar-refractivity contribution in [1.82, 2.24) is 0 Å². The van der Waals surface area contributed by atoms with Crippen molar-refractivity contribution in [3.05, 3.63) is 57.3 Å². The fourth-order valence-electron chi connectivity index (χ4n) is 2.04. The van der Waals surface area contributed by atoms with E-state index in [1.54, 1.807) is 12.1 Å². The number of nitrogens with one attached hydrogen (secondary N) is 1. The van der Waals surface area contributed by atoms with Crippen LogP contribution >= 0.6 is 15.9 Å². The van der Waals surface area contributed by atoms with E-state index in [1.165, 1.54) is 13.2 Å². The lowest BCUT2D eigenvalue weighted by Gasteiger charge is -2.11. The lowest BCUT2D eigenvalue weighted by Crippen LogP contribution is -2.03. The summed E-state index contributed by atoms with van der Waals surface area (Å²) >= 11 is 3.54. The minimum Gasteiger partial charge on any atom is -0.497 e. The Morgan fingerprint density at radius 2 is 1.80 bits per heavy atom. The number of aryl methyl sites for hydroxylation is 2. The van der Waals surface area contributed by atoms with E-state index in [-0.39, 0.29) is 5.82 Å². The molecule has 0 saturated carbocycles. The molecular weight excluding hydrogens is 321 g/mol. The standard InChI is InChI=1S/C16H17BrFNO/c1-10-6-13(7-11(2)16(10)17)19-9-12-4-5-14(20-3)8-15(12)18/h4-8,19H,9H2,1-3H3. The Balaban J connectivity index is 2.13. The first-order chi connectivity index (χ1) is 9.51. The van der Waals surface area contributed by atoms with Crippen molar-refractivity contribution in [2.45, 2.75) is 20.4 Å². The largest absolute Gasteiger partial charge is 0.497 e. The van der Waals surface area contributed by atoms with Gasteiger partial charge in [-0.1, -0.05) is 22.0 Å². The van der Waals surface area contributed by atoms with Crippen molar-refractivity contribution in [1.29, 1.82) is 0 Å². The number of halogens is 2. The summed E-state index contributed by atoms with van der Waals surface area (Å²) in [5, 5.41) is 3.25. The molecule has 2 aromatic rings. The quantitative estimate of drug-likeness (QED) is 0.862. The van der Waals surface area contributed by atoms with Crippen LogP contribution in [0.3, 0.4) is 0 Å². The molecule has 0 aliphatic heterocycles. The van der Waals surface area contributed by atoms with Crippen LogP contribution in [-0.2, 0) is 6.54 Å². The normalized spacial score (nSPS) is 10.4. The molecule has 0 amide bonds. The fraction of sp³-hybridized carbons (Fsp3) is 0.250. The molecule has 0 radical (unpaired) electrons. The van der Waals surface area contributed by atoms with Crippen molar-refractivity contribution >= 4 is 21.6 Å². The number of rotatable bonds is 4. The van der Waals surface area contributed by atoms with Gasteiger partial charge < -0.3 is 10.1 Å². The highest BCUT2D eigenvalue weighted by atomic mass is 79.9. The molecule has 0 unspecified atom stereocenters. The molecule has 0 bridgehead atoms. The average molecular weight is 338 g/mol. The summed E-state index contributed by atoms with van der Waals surface area (Å²) in [6.45, 7) is 4.52. The van der Waals surface area contributed by atoms with Crippen LogP contribution in [0.25, 0.3) is 0 Å². The van der Waals surface area contributed by atoms with E-state index in [4.69, 9.17) is 4.74 Å². The van der Waals surface area contributed by atoms with E-state index in [0.29, 0.717) is 17.9 Å². The number of anilines is 1. The molecule has 0 aliphatic carbocycles. The molecule has 0 heterocycles. The van der Waals surface area contributed by atoms with Crippen LogP contribution < -0.4 is 10.1 Å². The predicted octanol–water partition coefficient (Wildman–Crippen LogP) is 4.83. The van der Waals surface area contributed by atoms with Crippen molar-refractivity contribution in [3.8, 4) is 5.75 Å². The van der Waals surface area contributed by atoms with Gasteiger partial charge in [-0.15, -0.1) is 0 Å². The molecule has 4 heteroatoms. The highest BCUT2D eigenvalue weighted by Crippen LogP contribution is 2.25. The Hall–Kier alpha value is -1.55. The first-order valence-corrected chi connectivity index (χ1v) is 7.13. The van der Waals surface area contributed by atoms with Crippen molar-refractivity contribution in [2.24, 2.45) is 0 Å². The second-order valence-electron chi connectivity index (χ2n) is 4.73. The molecule has 2 aromatic carbocycles. The Kier molecular flexibility index (Phi) is 4.65. The predicted molar refractivity (Wildman–Crippen MR) is 83.9 cm³/mol. The maximum absolute atomic E-state index is 13.8. The van der Waals surface area contributed by atoms with Gasteiger partial charge in [-0.2, -0.15) is 0 Å². The molecule has 1 N–H and O–H groups in total. The number of hydrogen-bond donors (Lipinski definition) is 1. The van der Waals surface area contributed by atoms with E-state index < -0.39 is 0 Å². The third kappa shape index (κ3) is 3.31. The maximum Gasteiger partial charge on any atom is 0.131 e. The van der Waals surface area contributed by atoms with Gasteiger partial charge >= 0.3 is 0 Å². The molecule has 0 fully saturated rings. The van der Waals surface area contributed by atoms with Gasteiger partial charge in [-0.05, 0) is 43.2 Å². The van der Waals surface area contributed by atoms with Crippen molar-refractivity contribution in [3.63, 3.8) is 0 Å². The van der Waals surface area contributed by atoms with Crippen LogP contribution in [0, 0.1) is 19.7 Å². The summed E-state index contributed by atoms with van der Waals surface area (Å²) in [5.74, 6) is 0.268. The average Bonchev–Trinajstić information content (AvgIpc) is 2.43. The highest BCUT2D eigenvalue weighted by molar-refractivity contribution is 9.10. The van der Waals surface area contributed by atoms with Crippen LogP contribution in [0.5, 0.6) is 5.75 Å². The van der Waals surface area contributed by atoms with E-state index in [1.807, 2.05) is 26.0 Å². The molecule has 0 saturated heterocycles. The number of hydrogen-bond acceptors (Lipinski definition) is 2. The fourth-order valence-corrected chi connectivity index (χ4v) is 2.27. The van der Waals surface area contributed by atoms with Gasteiger partial charge in [0.25, 0.3) is 0 Å². The van der Waals surface area contributed by atoms with Crippen LogP contribution in [0.15, 0.2) is 34.8 Å². The molecule has 2 nitrogen and oxygen atoms in total. The zero-order valence-corrected chi connectivity index (χ0v) is 13.3. The summed E-state index contributed by atoms with van der Waals surface area (Å²) in [4.78, 5) is 0. The Morgan fingerprint density at radius 3 is 2.35 bits per heavy atom. The Bertz CT molecular complexity index is 605. The molecule has 20 heavy (non-hydrogen) atoms. The van der Waals surface area contributed by atoms with Gasteiger partial charge in [0.1, 0.15) is 11.6 Å². The smallest absolute Gasteiger partial charge is 0.131 e. The zero-order valence-electron chi connectivity index (χ0n) is 11.8. The van der Waals surface area contributed by atoms with Crippen LogP contribution in [-0.4, -0.2) is 7.11 Å². The second kappa shape index (κ2) is 6.27.